The molecule has 0 radical (unpaired) electrons. The normalized spacial score (nSPS) is 10.9. The summed E-state index contributed by atoms with van der Waals surface area (Å²) in [6.07, 6.45) is 13.1. The molecule has 0 bridgehead atoms. The van der Waals surface area contributed by atoms with Crippen LogP contribution in [0.4, 0.5) is 0 Å². The molecule has 336 valence electrons. The molecule has 12 heteroatoms. The molecule has 12 nitrogen and oxygen atoms in total. The van der Waals surface area contributed by atoms with Gasteiger partial charge in [0.05, 0.1) is 19.8 Å². The van der Waals surface area contributed by atoms with E-state index in [-0.39, 0.29) is 53.3 Å². The van der Waals surface area contributed by atoms with Crippen LogP contribution >= 0.6 is 0 Å². The molecule has 4 aromatic carbocycles. The van der Waals surface area contributed by atoms with E-state index in [2.05, 4.69) is 0 Å². The highest BCUT2D eigenvalue weighted by Gasteiger charge is 2.20. The number of hydrogen-bond acceptors (Lipinski definition) is 9. The molecule has 0 unspecified atom stereocenters. The molecule has 0 aliphatic rings. The topological polar surface area (TPSA) is 191 Å². The van der Waals surface area contributed by atoms with E-state index < -0.39 is 17.9 Å². The minimum Gasteiger partial charge on any atom is -0.494 e. The van der Waals surface area contributed by atoms with Crippen LogP contribution in [0.3, 0.4) is 0 Å². The first-order chi connectivity index (χ1) is 30.5. The Balaban J connectivity index is 1.42. The Kier molecular flexibility index (Phi) is 21.6. The van der Waals surface area contributed by atoms with Gasteiger partial charge in [-0.15, -0.1) is 0 Å². The van der Waals surface area contributed by atoms with Gasteiger partial charge >= 0.3 is 17.9 Å². The lowest BCUT2D eigenvalue weighted by Gasteiger charge is -2.11. The molecule has 0 aliphatic carbocycles. The smallest absolute Gasteiger partial charge is 0.303 e. The second-order valence-electron chi connectivity index (χ2n) is 15.6. The molecule has 0 aliphatic heterocycles. The van der Waals surface area contributed by atoms with Crippen LogP contribution in [0.2, 0.25) is 0 Å². The Morgan fingerprint density at radius 3 is 0.762 bits per heavy atom. The van der Waals surface area contributed by atoms with Crippen molar-refractivity contribution in [3.05, 3.63) is 124 Å². The quantitative estimate of drug-likeness (QED) is 0.0304. The highest BCUT2D eigenvalue weighted by molar-refractivity contribution is 6.17. The molecule has 0 atom stereocenters. The number of ketones is 3. The lowest BCUT2D eigenvalue weighted by atomic mass is 9.92. The van der Waals surface area contributed by atoms with Gasteiger partial charge in [-0.1, -0.05) is 57.8 Å². The van der Waals surface area contributed by atoms with E-state index >= 15 is 0 Å². The fourth-order valence-corrected chi connectivity index (χ4v) is 6.92. The molecule has 4 aromatic rings. The summed E-state index contributed by atoms with van der Waals surface area (Å²) in [5, 5.41) is 26.3. The minimum atomic E-state index is -0.781. The molecule has 0 aromatic heterocycles. The predicted molar refractivity (Wildman–Crippen MR) is 239 cm³/mol. The SMILES string of the molecule is O=C(O)CCCCCCCOc1ccc(C(=O)c2cc(C(=O)c3ccc(OCCCCCCCC(=O)O)cc3)cc(C(=O)c3ccc(OCCCCCCCC(=O)O)cc3)c2)cc1. The van der Waals surface area contributed by atoms with Gasteiger partial charge in [-0.05, 0) is 130 Å². The van der Waals surface area contributed by atoms with Gasteiger partial charge in [0.25, 0.3) is 0 Å². The fourth-order valence-electron chi connectivity index (χ4n) is 6.92. The van der Waals surface area contributed by atoms with E-state index in [1.165, 1.54) is 18.2 Å². The summed E-state index contributed by atoms with van der Waals surface area (Å²) in [4.78, 5) is 74.0. The molecule has 4 rings (SSSR count). The lowest BCUT2D eigenvalue weighted by Crippen LogP contribution is -2.11. The van der Waals surface area contributed by atoms with Crippen LogP contribution < -0.4 is 14.2 Å². The number of carboxylic acids is 3. The number of aliphatic carboxylic acids is 3. The second-order valence-corrected chi connectivity index (χ2v) is 15.6. The molecule has 0 spiro atoms. The lowest BCUT2D eigenvalue weighted by molar-refractivity contribution is -0.138. The summed E-state index contributed by atoms with van der Waals surface area (Å²) in [6, 6.07) is 24.7. The molecule has 63 heavy (non-hydrogen) atoms. The first-order valence-corrected chi connectivity index (χ1v) is 22.1. The monoisotopic (exact) mass is 864 g/mol. The van der Waals surface area contributed by atoms with E-state index in [1.54, 1.807) is 72.8 Å². The summed E-state index contributed by atoms with van der Waals surface area (Å²) in [5.41, 5.74) is 1.58. The van der Waals surface area contributed by atoms with Crippen molar-refractivity contribution in [3.63, 3.8) is 0 Å². The first kappa shape index (κ1) is 49.4. The van der Waals surface area contributed by atoms with Crippen LogP contribution in [-0.4, -0.2) is 70.4 Å². The summed E-state index contributed by atoms with van der Waals surface area (Å²) in [6.45, 7) is 1.45. The van der Waals surface area contributed by atoms with Crippen molar-refractivity contribution in [2.24, 2.45) is 0 Å². The van der Waals surface area contributed by atoms with Crippen molar-refractivity contribution in [2.45, 2.75) is 116 Å². The van der Waals surface area contributed by atoms with E-state index in [4.69, 9.17) is 29.5 Å². The zero-order valence-corrected chi connectivity index (χ0v) is 36.0. The summed E-state index contributed by atoms with van der Waals surface area (Å²) in [5.74, 6) is -1.67. The zero-order chi connectivity index (χ0) is 45.2. The number of unbranched alkanes of at least 4 members (excludes halogenated alkanes) is 12. The number of hydrogen-bond donors (Lipinski definition) is 3. The summed E-state index contributed by atoms with van der Waals surface area (Å²) < 4.78 is 17.6. The third kappa shape index (κ3) is 18.7. The highest BCUT2D eigenvalue weighted by Crippen LogP contribution is 2.24. The number of ether oxygens (including phenoxy) is 3. The maximum Gasteiger partial charge on any atom is 0.303 e. The third-order valence-corrected chi connectivity index (χ3v) is 10.5. The summed E-state index contributed by atoms with van der Waals surface area (Å²) in [7, 11) is 0. The molecule has 0 saturated carbocycles. The Labute approximate surface area is 369 Å². The second kappa shape index (κ2) is 27.6. The van der Waals surface area contributed by atoms with E-state index in [9.17, 15) is 28.8 Å². The molecule has 3 N–H and O–H groups in total. The molecule has 0 amide bonds. The van der Waals surface area contributed by atoms with Crippen LogP contribution in [0.5, 0.6) is 17.2 Å². The van der Waals surface area contributed by atoms with Crippen molar-refractivity contribution in [3.8, 4) is 17.2 Å². The van der Waals surface area contributed by atoms with E-state index in [0.717, 1.165) is 77.0 Å². The molecular formula is C51H60O12. The zero-order valence-electron chi connectivity index (χ0n) is 36.0. The molecule has 0 heterocycles. The van der Waals surface area contributed by atoms with Crippen LogP contribution in [0, 0.1) is 0 Å². The van der Waals surface area contributed by atoms with Crippen LogP contribution in [0.25, 0.3) is 0 Å². The largest absolute Gasteiger partial charge is 0.494 e. The van der Waals surface area contributed by atoms with E-state index in [0.29, 0.717) is 73.0 Å². The van der Waals surface area contributed by atoms with Gasteiger partial charge in [0, 0.05) is 52.6 Å². The predicted octanol–water partition coefficient (Wildman–Crippen LogP) is 10.8. The molecule has 0 fully saturated rings. The highest BCUT2D eigenvalue weighted by atomic mass is 16.5. The van der Waals surface area contributed by atoms with Crippen molar-refractivity contribution in [1.29, 1.82) is 0 Å². The Bertz CT molecular complexity index is 1820. The Morgan fingerprint density at radius 1 is 0.302 bits per heavy atom. The maximum atomic E-state index is 14.0. The fraction of sp³-hybridized carbons (Fsp3) is 0.412. The van der Waals surface area contributed by atoms with Crippen molar-refractivity contribution >= 4 is 35.3 Å². The van der Waals surface area contributed by atoms with Crippen molar-refractivity contribution in [1.82, 2.24) is 0 Å². The number of carboxylic acid groups (broad SMARTS) is 3. The van der Waals surface area contributed by atoms with Crippen LogP contribution in [0.1, 0.15) is 163 Å². The number of rotatable bonds is 33. The maximum absolute atomic E-state index is 14.0. The van der Waals surface area contributed by atoms with E-state index in [1.807, 2.05) is 0 Å². The van der Waals surface area contributed by atoms with Crippen molar-refractivity contribution < 1.29 is 58.3 Å². The average molecular weight is 865 g/mol. The van der Waals surface area contributed by atoms with Crippen LogP contribution in [-0.2, 0) is 14.4 Å². The standard InChI is InChI=1S/C51H60O12/c52-46(53)16-10-4-1-7-13-31-61-43-25-19-37(20-26-43)49(58)40-34-41(50(59)38-21-27-44(28-22-38)62-32-14-8-2-5-11-17-47(54)55)36-42(35-40)51(60)39-23-29-45(30-24-39)63-33-15-9-3-6-12-18-48(56)57/h19-30,34-36H,1-18,31-33H2,(H,52,53)(H,54,55)(H,56,57). The van der Waals surface area contributed by atoms with Gasteiger partial charge in [0.1, 0.15) is 17.2 Å². The first-order valence-electron chi connectivity index (χ1n) is 22.1. The Hall–Kier alpha value is -6.30. The van der Waals surface area contributed by atoms with Gasteiger partial charge in [-0.3, -0.25) is 28.8 Å². The Morgan fingerprint density at radius 2 is 0.524 bits per heavy atom. The minimum absolute atomic E-state index is 0.173. The average Bonchev–Trinajstić information content (AvgIpc) is 3.28. The number of carbonyl (C=O) groups is 6. The van der Waals surface area contributed by atoms with Gasteiger partial charge in [-0.25, -0.2) is 0 Å². The molecular weight excluding hydrogens is 805 g/mol. The van der Waals surface area contributed by atoms with Crippen LogP contribution in [0.15, 0.2) is 91.0 Å². The van der Waals surface area contributed by atoms with Gasteiger partial charge in [0.15, 0.2) is 17.3 Å². The van der Waals surface area contributed by atoms with Gasteiger partial charge in [0.2, 0.25) is 0 Å². The van der Waals surface area contributed by atoms with Gasteiger partial charge < -0.3 is 29.5 Å². The van der Waals surface area contributed by atoms with Crippen molar-refractivity contribution in [2.75, 3.05) is 19.8 Å². The van der Waals surface area contributed by atoms with Gasteiger partial charge in [-0.2, -0.15) is 0 Å². The number of benzene rings is 4. The summed E-state index contributed by atoms with van der Waals surface area (Å²) >= 11 is 0. The third-order valence-electron chi connectivity index (χ3n) is 10.5. The number of carbonyl (C=O) groups excluding carboxylic acids is 3. The molecule has 0 saturated heterocycles.